The molecule has 1 aliphatic rings. The minimum Gasteiger partial charge on any atom is -0.354 e. The Morgan fingerprint density at radius 3 is 2.74 bits per heavy atom. The largest absolute Gasteiger partial charge is 0.354 e. The van der Waals surface area contributed by atoms with Gasteiger partial charge in [0.15, 0.2) is 0 Å². The molecule has 5 nitrogen and oxygen atoms in total. The van der Waals surface area contributed by atoms with Crippen LogP contribution in [0.5, 0.6) is 0 Å². The number of aryl methyl sites for hydroxylation is 1. The quantitative estimate of drug-likeness (QED) is 0.818. The molecule has 0 saturated carbocycles. The van der Waals surface area contributed by atoms with E-state index in [-0.39, 0.29) is 11.9 Å². The number of hydrogen-bond donors (Lipinski definition) is 2. The van der Waals surface area contributed by atoms with Crippen molar-refractivity contribution in [2.24, 2.45) is 0 Å². The van der Waals surface area contributed by atoms with E-state index in [9.17, 15) is 9.59 Å². The van der Waals surface area contributed by atoms with Crippen molar-refractivity contribution in [2.45, 2.75) is 13.3 Å². The Morgan fingerprint density at radius 2 is 2.11 bits per heavy atom. The van der Waals surface area contributed by atoms with Crippen LogP contribution in [0, 0.1) is 6.92 Å². The van der Waals surface area contributed by atoms with Crippen LogP contribution in [0.25, 0.3) is 0 Å². The van der Waals surface area contributed by atoms with Gasteiger partial charge in [0.2, 0.25) is 5.91 Å². The number of urea groups is 1. The molecule has 3 amide bonds. The number of carbonyl (C=O) groups excluding carboxylic acids is 2. The molecule has 102 valence electrons. The Morgan fingerprint density at radius 1 is 1.37 bits per heavy atom. The molecule has 0 aliphatic carbocycles. The van der Waals surface area contributed by atoms with Crippen LogP contribution in [0.15, 0.2) is 24.3 Å². The number of hydrogen-bond acceptors (Lipinski definition) is 2. The van der Waals surface area contributed by atoms with Crippen LogP contribution in [-0.4, -0.2) is 43.0 Å². The molecule has 1 fully saturated rings. The number of nitrogens with zero attached hydrogens (tertiary/aromatic N) is 1. The summed E-state index contributed by atoms with van der Waals surface area (Å²) in [6.45, 7) is 4.48. The van der Waals surface area contributed by atoms with Crippen LogP contribution in [0.2, 0.25) is 0 Å². The van der Waals surface area contributed by atoms with Gasteiger partial charge >= 0.3 is 6.03 Å². The fraction of sp³-hybridized carbons (Fsp3) is 0.429. The molecular weight excluding hydrogens is 242 g/mol. The predicted molar refractivity (Wildman–Crippen MR) is 72.9 cm³/mol. The summed E-state index contributed by atoms with van der Waals surface area (Å²) in [5.41, 5.74) is 2.19. The van der Waals surface area contributed by atoms with E-state index in [1.54, 1.807) is 4.90 Å². The molecule has 0 atom stereocenters. The summed E-state index contributed by atoms with van der Waals surface area (Å²) in [4.78, 5) is 24.7. The Hall–Kier alpha value is -2.04. The van der Waals surface area contributed by atoms with Gasteiger partial charge in [0, 0.05) is 26.2 Å². The Labute approximate surface area is 113 Å². The van der Waals surface area contributed by atoms with E-state index >= 15 is 0 Å². The van der Waals surface area contributed by atoms with E-state index in [1.165, 1.54) is 5.56 Å². The van der Waals surface area contributed by atoms with E-state index in [4.69, 9.17) is 0 Å². The van der Waals surface area contributed by atoms with Crippen molar-refractivity contribution in [3.05, 3.63) is 35.4 Å². The van der Waals surface area contributed by atoms with Crippen LogP contribution in [-0.2, 0) is 11.2 Å². The van der Waals surface area contributed by atoms with Crippen molar-refractivity contribution < 1.29 is 9.59 Å². The SMILES string of the molecule is Cc1ccc(CC(=O)NCCN2CCNC2=O)cc1. The summed E-state index contributed by atoms with van der Waals surface area (Å²) in [7, 11) is 0. The topological polar surface area (TPSA) is 61.4 Å². The number of benzene rings is 1. The van der Waals surface area contributed by atoms with E-state index < -0.39 is 0 Å². The first-order valence-electron chi connectivity index (χ1n) is 6.50. The molecule has 0 spiro atoms. The van der Waals surface area contributed by atoms with Gasteiger partial charge in [-0.25, -0.2) is 4.79 Å². The van der Waals surface area contributed by atoms with Crippen molar-refractivity contribution in [1.82, 2.24) is 15.5 Å². The number of carbonyl (C=O) groups is 2. The van der Waals surface area contributed by atoms with Gasteiger partial charge in [0.25, 0.3) is 0 Å². The molecule has 1 aliphatic heterocycles. The maximum Gasteiger partial charge on any atom is 0.317 e. The molecule has 2 N–H and O–H groups in total. The molecular formula is C14H19N3O2. The fourth-order valence-corrected chi connectivity index (χ4v) is 2.01. The second kappa shape index (κ2) is 6.22. The summed E-state index contributed by atoms with van der Waals surface area (Å²) in [5, 5.41) is 5.56. The average Bonchev–Trinajstić information content (AvgIpc) is 2.78. The van der Waals surface area contributed by atoms with E-state index in [0.717, 1.165) is 5.56 Å². The zero-order chi connectivity index (χ0) is 13.7. The van der Waals surface area contributed by atoms with Crippen LogP contribution in [0.1, 0.15) is 11.1 Å². The van der Waals surface area contributed by atoms with Crippen molar-refractivity contribution >= 4 is 11.9 Å². The Balaban J connectivity index is 1.69. The van der Waals surface area contributed by atoms with Gasteiger partial charge in [-0.3, -0.25) is 4.79 Å². The second-order valence-electron chi connectivity index (χ2n) is 4.73. The van der Waals surface area contributed by atoms with Crippen molar-refractivity contribution in [3.8, 4) is 0 Å². The van der Waals surface area contributed by atoms with Crippen molar-refractivity contribution in [3.63, 3.8) is 0 Å². The molecule has 19 heavy (non-hydrogen) atoms. The zero-order valence-electron chi connectivity index (χ0n) is 11.1. The molecule has 2 rings (SSSR count). The summed E-state index contributed by atoms with van der Waals surface area (Å²) in [6.07, 6.45) is 0.381. The molecule has 1 aromatic rings. The standard InChI is InChI=1S/C14H19N3O2/c1-11-2-4-12(5-3-11)10-13(18)15-6-8-17-9-7-16-14(17)19/h2-5H,6-10H2,1H3,(H,15,18)(H,16,19). The third-order valence-corrected chi connectivity index (χ3v) is 3.13. The molecule has 5 heteroatoms. The minimum absolute atomic E-state index is 0.0107. The molecule has 0 radical (unpaired) electrons. The third kappa shape index (κ3) is 3.98. The van der Waals surface area contributed by atoms with Gasteiger partial charge < -0.3 is 15.5 Å². The maximum atomic E-state index is 11.7. The first-order chi connectivity index (χ1) is 9.15. The van der Waals surface area contributed by atoms with Gasteiger partial charge in [-0.05, 0) is 12.5 Å². The van der Waals surface area contributed by atoms with Gasteiger partial charge in [0.05, 0.1) is 6.42 Å². The first-order valence-corrected chi connectivity index (χ1v) is 6.50. The van der Waals surface area contributed by atoms with Gasteiger partial charge in [-0.1, -0.05) is 29.8 Å². The number of amides is 3. The summed E-state index contributed by atoms with van der Waals surface area (Å²) in [5.74, 6) is -0.0107. The highest BCUT2D eigenvalue weighted by molar-refractivity contribution is 5.79. The normalized spacial score (nSPS) is 14.4. The molecule has 0 bridgehead atoms. The third-order valence-electron chi connectivity index (χ3n) is 3.13. The lowest BCUT2D eigenvalue weighted by molar-refractivity contribution is -0.120. The smallest absolute Gasteiger partial charge is 0.317 e. The Kier molecular flexibility index (Phi) is 4.39. The van der Waals surface area contributed by atoms with Crippen molar-refractivity contribution in [1.29, 1.82) is 0 Å². The summed E-state index contributed by atoms with van der Waals surface area (Å²) < 4.78 is 0. The highest BCUT2D eigenvalue weighted by Gasteiger charge is 2.18. The highest BCUT2D eigenvalue weighted by atomic mass is 16.2. The van der Waals surface area contributed by atoms with E-state index in [0.29, 0.717) is 32.6 Å². The van der Waals surface area contributed by atoms with Gasteiger partial charge in [-0.15, -0.1) is 0 Å². The van der Waals surface area contributed by atoms with Crippen LogP contribution in [0.4, 0.5) is 4.79 Å². The predicted octanol–water partition coefficient (Wildman–Crippen LogP) is 0.679. The Bertz CT molecular complexity index is 456. The lowest BCUT2D eigenvalue weighted by atomic mass is 10.1. The molecule has 0 unspecified atom stereocenters. The number of rotatable bonds is 5. The van der Waals surface area contributed by atoms with E-state index in [2.05, 4.69) is 10.6 Å². The molecule has 1 aromatic carbocycles. The molecule has 0 aromatic heterocycles. The molecule has 1 heterocycles. The van der Waals surface area contributed by atoms with Gasteiger partial charge in [0.1, 0.15) is 0 Å². The first kappa shape index (κ1) is 13.4. The fourth-order valence-electron chi connectivity index (χ4n) is 2.01. The zero-order valence-corrected chi connectivity index (χ0v) is 11.1. The summed E-state index contributed by atoms with van der Waals surface area (Å²) >= 11 is 0. The van der Waals surface area contributed by atoms with Crippen LogP contribution in [0.3, 0.4) is 0 Å². The monoisotopic (exact) mass is 261 g/mol. The number of nitrogens with one attached hydrogen (secondary N) is 2. The lowest BCUT2D eigenvalue weighted by Gasteiger charge is -2.14. The maximum absolute atomic E-state index is 11.7. The lowest BCUT2D eigenvalue weighted by Crippen LogP contribution is -2.37. The van der Waals surface area contributed by atoms with Crippen LogP contribution >= 0.6 is 0 Å². The van der Waals surface area contributed by atoms with Gasteiger partial charge in [-0.2, -0.15) is 0 Å². The second-order valence-corrected chi connectivity index (χ2v) is 4.73. The van der Waals surface area contributed by atoms with Crippen molar-refractivity contribution in [2.75, 3.05) is 26.2 Å². The highest BCUT2D eigenvalue weighted by Crippen LogP contribution is 2.03. The molecule has 1 saturated heterocycles. The van der Waals surface area contributed by atoms with E-state index in [1.807, 2.05) is 31.2 Å². The minimum atomic E-state index is -0.0483. The van der Waals surface area contributed by atoms with Crippen LogP contribution < -0.4 is 10.6 Å². The summed E-state index contributed by atoms with van der Waals surface area (Å²) in [6, 6.07) is 7.87. The average molecular weight is 261 g/mol.